The second-order valence-corrected chi connectivity index (χ2v) is 8.40. The lowest BCUT2D eigenvalue weighted by Gasteiger charge is -2.17. The maximum absolute atomic E-state index is 13.2. The van der Waals surface area contributed by atoms with Crippen LogP contribution in [0.1, 0.15) is 46.4 Å². The summed E-state index contributed by atoms with van der Waals surface area (Å²) in [7, 11) is 0. The number of nitrogens with one attached hydrogen (secondary N) is 1. The zero-order chi connectivity index (χ0) is 25.0. The first-order valence-corrected chi connectivity index (χ1v) is 11.3. The van der Waals surface area contributed by atoms with Crippen molar-refractivity contribution in [3.63, 3.8) is 0 Å². The molecular formula is C26H26F3N3O3. The van der Waals surface area contributed by atoms with Crippen molar-refractivity contribution in [1.82, 2.24) is 10.3 Å². The van der Waals surface area contributed by atoms with E-state index in [1.54, 1.807) is 36.5 Å². The number of hydrogen-bond donors (Lipinski definition) is 2. The Morgan fingerprint density at radius 1 is 1.20 bits per heavy atom. The first kappa shape index (κ1) is 24.7. The van der Waals surface area contributed by atoms with Gasteiger partial charge in [0.2, 0.25) is 0 Å². The van der Waals surface area contributed by atoms with Crippen molar-refractivity contribution in [3.8, 4) is 16.9 Å². The van der Waals surface area contributed by atoms with Gasteiger partial charge in [-0.3, -0.25) is 9.78 Å². The van der Waals surface area contributed by atoms with Gasteiger partial charge in [0.05, 0.1) is 36.6 Å². The molecule has 1 aliphatic rings. The van der Waals surface area contributed by atoms with E-state index >= 15 is 0 Å². The molecule has 1 aromatic heterocycles. The van der Waals surface area contributed by atoms with Gasteiger partial charge in [-0.15, -0.1) is 0 Å². The summed E-state index contributed by atoms with van der Waals surface area (Å²) in [5.74, 6) is 0.187. The molecule has 2 heterocycles. The minimum absolute atomic E-state index is 0.0517. The van der Waals surface area contributed by atoms with Crippen molar-refractivity contribution >= 4 is 5.91 Å². The van der Waals surface area contributed by atoms with Gasteiger partial charge in [0.1, 0.15) is 11.9 Å². The number of ether oxygens (including phenoxy) is 2. The number of nitrogens with zero attached hydrogens (tertiary/aromatic N) is 1. The Kier molecular flexibility index (Phi) is 7.37. The molecule has 2 aromatic carbocycles. The van der Waals surface area contributed by atoms with Crippen LogP contribution in [0.15, 0.2) is 60.9 Å². The van der Waals surface area contributed by atoms with Crippen LogP contribution in [0, 0.1) is 0 Å². The lowest BCUT2D eigenvalue weighted by atomic mass is 9.95. The normalized spacial score (nSPS) is 16.7. The molecular weight excluding hydrogens is 459 g/mol. The van der Waals surface area contributed by atoms with Crippen LogP contribution in [0.5, 0.6) is 5.75 Å². The standard InChI is InChI=1S/C26H26F3N3O3/c1-16(32-25(33)20-10-23(14-31-13-20)35-22-8-9-34-15-22)17-2-4-18(5-3-17)24-11-21(26(27,28)29)7-6-19(24)12-30/h2-7,10-11,13-14,16,22H,8-9,12,15,30H2,1H3,(H,32,33)/t16-,22-/m1/s1. The molecule has 3 N–H and O–H groups in total. The number of aromatic nitrogens is 1. The number of carbonyl (C=O) groups excluding carboxylic acids is 1. The highest BCUT2D eigenvalue weighted by Crippen LogP contribution is 2.34. The average molecular weight is 486 g/mol. The van der Waals surface area contributed by atoms with Crippen molar-refractivity contribution in [2.75, 3.05) is 13.2 Å². The van der Waals surface area contributed by atoms with E-state index in [0.29, 0.717) is 41.2 Å². The summed E-state index contributed by atoms with van der Waals surface area (Å²) in [5, 5.41) is 2.92. The van der Waals surface area contributed by atoms with Crippen molar-refractivity contribution in [2.45, 2.75) is 38.2 Å². The lowest BCUT2D eigenvalue weighted by molar-refractivity contribution is -0.137. The zero-order valence-electron chi connectivity index (χ0n) is 19.1. The van der Waals surface area contributed by atoms with Gasteiger partial charge in [-0.1, -0.05) is 30.3 Å². The highest BCUT2D eigenvalue weighted by atomic mass is 19.4. The molecule has 184 valence electrons. The van der Waals surface area contributed by atoms with Gasteiger partial charge in [0, 0.05) is 19.2 Å². The van der Waals surface area contributed by atoms with E-state index in [0.717, 1.165) is 24.1 Å². The minimum Gasteiger partial charge on any atom is -0.486 e. The van der Waals surface area contributed by atoms with E-state index < -0.39 is 11.7 Å². The van der Waals surface area contributed by atoms with Crippen LogP contribution in [0.25, 0.3) is 11.1 Å². The molecule has 9 heteroatoms. The monoisotopic (exact) mass is 485 g/mol. The van der Waals surface area contributed by atoms with Crippen LogP contribution in [-0.2, 0) is 17.5 Å². The number of hydrogen-bond acceptors (Lipinski definition) is 5. The zero-order valence-corrected chi connectivity index (χ0v) is 19.1. The van der Waals surface area contributed by atoms with E-state index in [4.69, 9.17) is 15.2 Å². The van der Waals surface area contributed by atoms with Crippen LogP contribution in [0.2, 0.25) is 0 Å². The van der Waals surface area contributed by atoms with Crippen LogP contribution >= 0.6 is 0 Å². The molecule has 0 spiro atoms. The summed E-state index contributed by atoms with van der Waals surface area (Å²) < 4.78 is 50.7. The molecule has 35 heavy (non-hydrogen) atoms. The van der Waals surface area contributed by atoms with Crippen molar-refractivity contribution in [1.29, 1.82) is 0 Å². The molecule has 4 rings (SSSR count). The molecule has 1 aliphatic heterocycles. The second-order valence-electron chi connectivity index (χ2n) is 8.40. The molecule has 0 aliphatic carbocycles. The second kappa shape index (κ2) is 10.5. The Labute approximate surface area is 201 Å². The van der Waals surface area contributed by atoms with E-state index in [1.165, 1.54) is 12.3 Å². The molecule has 6 nitrogen and oxygen atoms in total. The number of halogens is 3. The summed E-state index contributed by atoms with van der Waals surface area (Å²) >= 11 is 0. The van der Waals surface area contributed by atoms with Crippen molar-refractivity contribution < 1.29 is 27.4 Å². The quantitative estimate of drug-likeness (QED) is 0.498. The van der Waals surface area contributed by atoms with Crippen LogP contribution in [-0.4, -0.2) is 30.2 Å². The molecule has 0 unspecified atom stereocenters. The number of rotatable bonds is 7. The number of amides is 1. The topological polar surface area (TPSA) is 86.5 Å². The van der Waals surface area contributed by atoms with Gasteiger partial charge in [0.25, 0.3) is 5.91 Å². The predicted octanol–water partition coefficient (Wildman–Crippen LogP) is 4.88. The molecule has 0 bridgehead atoms. The largest absolute Gasteiger partial charge is 0.486 e. The molecule has 0 saturated carbocycles. The van der Waals surface area contributed by atoms with Gasteiger partial charge >= 0.3 is 6.18 Å². The number of carbonyl (C=O) groups is 1. The van der Waals surface area contributed by atoms with E-state index in [1.807, 2.05) is 6.92 Å². The Morgan fingerprint density at radius 3 is 2.63 bits per heavy atom. The number of alkyl halides is 3. The lowest BCUT2D eigenvalue weighted by Crippen LogP contribution is -2.27. The molecule has 1 fully saturated rings. The molecule has 3 aromatic rings. The van der Waals surface area contributed by atoms with Crippen LogP contribution in [0.4, 0.5) is 13.2 Å². The number of benzene rings is 2. The molecule has 0 radical (unpaired) electrons. The third-order valence-electron chi connectivity index (χ3n) is 5.89. The summed E-state index contributed by atoms with van der Waals surface area (Å²) in [6, 6.07) is 11.9. The minimum atomic E-state index is -4.44. The first-order chi connectivity index (χ1) is 16.7. The van der Waals surface area contributed by atoms with Gasteiger partial charge in [0.15, 0.2) is 0 Å². The summed E-state index contributed by atoms with van der Waals surface area (Å²) in [6.07, 6.45) is -0.685. The summed E-state index contributed by atoms with van der Waals surface area (Å²) in [6.45, 7) is 3.10. The maximum Gasteiger partial charge on any atom is 0.416 e. The Hall–Kier alpha value is -3.43. The fraction of sp³-hybridized carbons (Fsp3) is 0.308. The number of nitrogens with two attached hydrogens (primary N) is 1. The Balaban J connectivity index is 1.46. The Morgan fingerprint density at radius 2 is 1.97 bits per heavy atom. The van der Waals surface area contributed by atoms with Crippen molar-refractivity contribution in [3.05, 3.63) is 83.2 Å². The Bertz CT molecular complexity index is 1180. The third kappa shape index (κ3) is 5.98. The summed E-state index contributed by atoms with van der Waals surface area (Å²) in [5.41, 5.74) is 7.84. The SMILES string of the molecule is C[C@@H](NC(=O)c1cncc(O[C@@H]2CCOC2)c1)c1ccc(-c2cc(C(F)(F)F)ccc2CN)cc1. The van der Waals surface area contributed by atoms with E-state index in [-0.39, 0.29) is 24.6 Å². The van der Waals surface area contributed by atoms with E-state index in [9.17, 15) is 18.0 Å². The molecule has 1 saturated heterocycles. The van der Waals surface area contributed by atoms with Gasteiger partial charge < -0.3 is 20.5 Å². The number of pyridine rings is 1. The predicted molar refractivity (Wildman–Crippen MR) is 125 cm³/mol. The fourth-order valence-electron chi connectivity index (χ4n) is 3.92. The fourth-order valence-corrected chi connectivity index (χ4v) is 3.92. The van der Waals surface area contributed by atoms with Crippen molar-refractivity contribution in [2.24, 2.45) is 5.73 Å². The van der Waals surface area contributed by atoms with Gasteiger partial charge in [-0.2, -0.15) is 13.2 Å². The summed E-state index contributed by atoms with van der Waals surface area (Å²) in [4.78, 5) is 16.9. The van der Waals surface area contributed by atoms with E-state index in [2.05, 4.69) is 10.3 Å². The van der Waals surface area contributed by atoms with Crippen LogP contribution < -0.4 is 15.8 Å². The third-order valence-corrected chi connectivity index (χ3v) is 5.89. The van der Waals surface area contributed by atoms with Gasteiger partial charge in [-0.05, 0) is 47.4 Å². The van der Waals surface area contributed by atoms with Crippen LogP contribution in [0.3, 0.4) is 0 Å². The molecule has 2 atom stereocenters. The highest BCUT2D eigenvalue weighted by molar-refractivity contribution is 5.94. The first-order valence-electron chi connectivity index (χ1n) is 11.3. The highest BCUT2D eigenvalue weighted by Gasteiger charge is 2.31. The van der Waals surface area contributed by atoms with Gasteiger partial charge in [-0.25, -0.2) is 0 Å². The smallest absolute Gasteiger partial charge is 0.416 e. The average Bonchev–Trinajstić information content (AvgIpc) is 3.36. The molecule has 1 amide bonds. The maximum atomic E-state index is 13.2.